The second-order valence-corrected chi connectivity index (χ2v) is 3.51. The van der Waals surface area contributed by atoms with Crippen LogP contribution in [0.15, 0.2) is 29.4 Å². The molecule has 3 nitrogen and oxygen atoms in total. The number of hydrogen-bond donors (Lipinski definition) is 0. The number of amides is 1. The summed E-state index contributed by atoms with van der Waals surface area (Å²) in [7, 11) is 1.68. The summed E-state index contributed by atoms with van der Waals surface area (Å²) in [4.78, 5) is 11.2. The maximum atomic E-state index is 11.2. The van der Waals surface area contributed by atoms with Crippen molar-refractivity contribution in [3.63, 3.8) is 0 Å². The van der Waals surface area contributed by atoms with Gasteiger partial charge in [0.05, 0.1) is 12.1 Å². The quantitative estimate of drug-likeness (QED) is 0.658. The van der Waals surface area contributed by atoms with E-state index in [1.807, 2.05) is 31.2 Å². The molecule has 0 aliphatic carbocycles. The highest BCUT2D eigenvalue weighted by Gasteiger charge is 2.20. The molecule has 0 radical (unpaired) electrons. The van der Waals surface area contributed by atoms with Gasteiger partial charge in [-0.15, -0.1) is 0 Å². The molecule has 1 amide bonds. The smallest absolute Gasteiger partial charge is 0.248 e. The summed E-state index contributed by atoms with van der Waals surface area (Å²) >= 11 is 0. The first kappa shape index (κ1) is 8.94. The van der Waals surface area contributed by atoms with Crippen molar-refractivity contribution in [1.82, 2.24) is 5.01 Å². The van der Waals surface area contributed by atoms with Crippen LogP contribution in [0.1, 0.15) is 17.5 Å². The first-order chi connectivity index (χ1) is 6.66. The summed E-state index contributed by atoms with van der Waals surface area (Å²) in [5.74, 6) is 0.0561. The van der Waals surface area contributed by atoms with Crippen molar-refractivity contribution in [1.29, 1.82) is 0 Å². The van der Waals surface area contributed by atoms with Crippen LogP contribution in [0.2, 0.25) is 0 Å². The lowest BCUT2D eigenvalue weighted by molar-refractivity contribution is -0.127. The Balaban J connectivity index is 2.29. The monoisotopic (exact) mass is 188 g/mol. The Morgan fingerprint density at radius 3 is 2.43 bits per heavy atom. The largest absolute Gasteiger partial charge is 0.273 e. The van der Waals surface area contributed by atoms with Crippen molar-refractivity contribution in [2.45, 2.75) is 13.3 Å². The third-order valence-corrected chi connectivity index (χ3v) is 2.34. The Labute approximate surface area is 83.0 Å². The van der Waals surface area contributed by atoms with Gasteiger partial charge < -0.3 is 0 Å². The van der Waals surface area contributed by atoms with Crippen molar-refractivity contribution >= 4 is 11.6 Å². The van der Waals surface area contributed by atoms with Crippen LogP contribution in [0.25, 0.3) is 0 Å². The Kier molecular flexibility index (Phi) is 2.08. The van der Waals surface area contributed by atoms with E-state index in [9.17, 15) is 4.79 Å². The highest BCUT2D eigenvalue weighted by molar-refractivity contribution is 6.13. The third-order valence-electron chi connectivity index (χ3n) is 2.34. The van der Waals surface area contributed by atoms with Gasteiger partial charge in [0.15, 0.2) is 0 Å². The van der Waals surface area contributed by atoms with Crippen LogP contribution in [-0.2, 0) is 4.79 Å². The average Bonchev–Trinajstić information content (AvgIpc) is 2.48. The van der Waals surface area contributed by atoms with E-state index in [0.717, 1.165) is 11.3 Å². The third kappa shape index (κ3) is 1.53. The fourth-order valence-electron chi connectivity index (χ4n) is 1.44. The number of hydrazone groups is 1. The van der Waals surface area contributed by atoms with Gasteiger partial charge in [-0.2, -0.15) is 5.10 Å². The predicted octanol–water partition coefficient (Wildman–Crippen LogP) is 1.56. The lowest BCUT2D eigenvalue weighted by Gasteiger charge is -1.99. The van der Waals surface area contributed by atoms with E-state index in [0.29, 0.717) is 6.42 Å². The lowest BCUT2D eigenvalue weighted by Crippen LogP contribution is -2.14. The highest BCUT2D eigenvalue weighted by Crippen LogP contribution is 2.13. The van der Waals surface area contributed by atoms with Gasteiger partial charge in [0, 0.05) is 7.05 Å². The van der Waals surface area contributed by atoms with E-state index in [-0.39, 0.29) is 5.91 Å². The molecule has 0 N–H and O–H groups in total. The molecule has 0 spiro atoms. The molecular weight excluding hydrogens is 176 g/mol. The first-order valence-electron chi connectivity index (χ1n) is 4.58. The van der Waals surface area contributed by atoms with Crippen molar-refractivity contribution in [2.24, 2.45) is 5.10 Å². The van der Waals surface area contributed by atoms with Crippen LogP contribution >= 0.6 is 0 Å². The van der Waals surface area contributed by atoms with Gasteiger partial charge >= 0.3 is 0 Å². The molecule has 0 bridgehead atoms. The summed E-state index contributed by atoms with van der Waals surface area (Å²) in [5.41, 5.74) is 3.11. The molecule has 14 heavy (non-hydrogen) atoms. The molecule has 72 valence electrons. The van der Waals surface area contributed by atoms with Gasteiger partial charge in [-0.1, -0.05) is 29.8 Å². The van der Waals surface area contributed by atoms with Gasteiger partial charge in [0.25, 0.3) is 0 Å². The number of carbonyl (C=O) groups excluding carboxylic acids is 1. The number of aryl methyl sites for hydroxylation is 1. The van der Waals surface area contributed by atoms with Crippen molar-refractivity contribution < 1.29 is 4.79 Å². The minimum atomic E-state index is 0.0561. The minimum absolute atomic E-state index is 0.0561. The SMILES string of the molecule is Cc1ccc(C2=NN(C)C(=O)C2)cc1. The zero-order valence-electron chi connectivity index (χ0n) is 8.32. The molecule has 1 aromatic carbocycles. The molecular formula is C11H12N2O. The van der Waals surface area contributed by atoms with E-state index in [1.54, 1.807) is 7.05 Å². The van der Waals surface area contributed by atoms with Crippen molar-refractivity contribution in [3.05, 3.63) is 35.4 Å². The zero-order chi connectivity index (χ0) is 10.1. The normalized spacial score (nSPS) is 16.0. The molecule has 0 fully saturated rings. The summed E-state index contributed by atoms with van der Waals surface area (Å²) < 4.78 is 0. The van der Waals surface area contributed by atoms with Crippen LogP contribution < -0.4 is 0 Å². The fourth-order valence-corrected chi connectivity index (χ4v) is 1.44. The van der Waals surface area contributed by atoms with Gasteiger partial charge in [-0.05, 0) is 12.5 Å². The second kappa shape index (κ2) is 3.25. The number of rotatable bonds is 1. The van der Waals surface area contributed by atoms with E-state index in [4.69, 9.17) is 0 Å². The van der Waals surface area contributed by atoms with Crippen LogP contribution in [0.3, 0.4) is 0 Å². The molecule has 3 heteroatoms. The van der Waals surface area contributed by atoms with Crippen LogP contribution in [0.5, 0.6) is 0 Å². The van der Waals surface area contributed by atoms with E-state index < -0.39 is 0 Å². The number of carbonyl (C=O) groups is 1. The summed E-state index contributed by atoms with van der Waals surface area (Å²) in [5, 5.41) is 5.57. The summed E-state index contributed by atoms with van der Waals surface area (Å²) in [6.45, 7) is 2.04. The average molecular weight is 188 g/mol. The Hall–Kier alpha value is -1.64. The number of hydrogen-bond acceptors (Lipinski definition) is 2. The van der Waals surface area contributed by atoms with Gasteiger partial charge in [-0.25, -0.2) is 5.01 Å². The first-order valence-corrected chi connectivity index (χ1v) is 4.58. The summed E-state index contributed by atoms with van der Waals surface area (Å²) in [6.07, 6.45) is 0.416. The Bertz CT molecular complexity index is 392. The molecule has 0 saturated heterocycles. The Morgan fingerprint density at radius 1 is 1.29 bits per heavy atom. The van der Waals surface area contributed by atoms with Gasteiger partial charge in [0.1, 0.15) is 0 Å². The Morgan fingerprint density at radius 2 is 1.93 bits per heavy atom. The molecule has 2 rings (SSSR count). The van der Waals surface area contributed by atoms with E-state index >= 15 is 0 Å². The van der Waals surface area contributed by atoms with Crippen molar-refractivity contribution in [2.75, 3.05) is 7.05 Å². The molecule has 0 unspecified atom stereocenters. The molecule has 1 heterocycles. The highest BCUT2D eigenvalue weighted by atomic mass is 16.2. The van der Waals surface area contributed by atoms with Gasteiger partial charge in [-0.3, -0.25) is 4.79 Å². The van der Waals surface area contributed by atoms with Crippen molar-refractivity contribution in [3.8, 4) is 0 Å². The summed E-state index contributed by atoms with van der Waals surface area (Å²) in [6, 6.07) is 8.06. The molecule has 0 atom stereocenters. The van der Waals surface area contributed by atoms with Crippen LogP contribution in [0, 0.1) is 6.92 Å². The standard InChI is InChI=1S/C11H12N2O/c1-8-3-5-9(6-4-8)10-7-11(14)13(2)12-10/h3-6H,7H2,1-2H3. The van der Waals surface area contributed by atoms with Gasteiger partial charge in [0.2, 0.25) is 5.91 Å². The molecule has 0 aromatic heterocycles. The van der Waals surface area contributed by atoms with Crippen LogP contribution in [-0.4, -0.2) is 23.7 Å². The topological polar surface area (TPSA) is 32.7 Å². The molecule has 1 aliphatic heterocycles. The maximum absolute atomic E-state index is 11.2. The molecule has 1 aromatic rings. The lowest BCUT2D eigenvalue weighted by atomic mass is 10.1. The molecule has 1 aliphatic rings. The molecule has 0 saturated carbocycles. The predicted molar refractivity (Wildman–Crippen MR) is 55.1 cm³/mol. The van der Waals surface area contributed by atoms with E-state index in [2.05, 4.69) is 5.10 Å². The minimum Gasteiger partial charge on any atom is -0.273 e. The maximum Gasteiger partial charge on any atom is 0.248 e. The second-order valence-electron chi connectivity index (χ2n) is 3.51. The zero-order valence-corrected chi connectivity index (χ0v) is 8.32. The fraction of sp³-hybridized carbons (Fsp3) is 0.273. The number of nitrogens with zero attached hydrogens (tertiary/aromatic N) is 2. The number of benzene rings is 1. The van der Waals surface area contributed by atoms with Crippen LogP contribution in [0.4, 0.5) is 0 Å². The van der Waals surface area contributed by atoms with E-state index in [1.165, 1.54) is 10.6 Å².